The SMILES string of the molecule is C=O.CN1C(=O)CC(NC(=O)OCc2ccccc2)C1=O.CN1C(=O)c2ccncc2C1=O. The number of hydrogen-bond acceptors (Lipinski definition) is 8. The topological polar surface area (TPSA) is 143 Å². The number of carbonyl (C=O) groups is 6. The fraction of sp³-hybridized carbons (Fsp3) is 0.227. The minimum Gasteiger partial charge on any atom is -0.445 e. The molecule has 11 nitrogen and oxygen atoms in total. The lowest BCUT2D eigenvalue weighted by Crippen LogP contribution is -2.40. The van der Waals surface area contributed by atoms with Crippen molar-refractivity contribution >= 4 is 36.5 Å². The Labute approximate surface area is 189 Å². The second kappa shape index (κ2) is 11.3. The molecule has 33 heavy (non-hydrogen) atoms. The quantitative estimate of drug-likeness (QED) is 0.671. The molecule has 4 rings (SSSR count). The fourth-order valence-electron chi connectivity index (χ4n) is 2.98. The lowest BCUT2D eigenvalue weighted by Gasteiger charge is -2.11. The predicted octanol–water partition coefficient (Wildman–Crippen LogP) is 0.793. The number of benzene rings is 1. The van der Waals surface area contributed by atoms with Crippen LogP contribution in [0.25, 0.3) is 0 Å². The number of fused-ring (bicyclic) bond motifs is 1. The van der Waals surface area contributed by atoms with Crippen molar-refractivity contribution in [1.82, 2.24) is 20.1 Å². The first-order valence-corrected chi connectivity index (χ1v) is 9.62. The number of pyridine rings is 1. The van der Waals surface area contributed by atoms with E-state index in [4.69, 9.17) is 9.53 Å². The highest BCUT2D eigenvalue weighted by Crippen LogP contribution is 2.19. The number of likely N-dealkylation sites (tertiary alicyclic amines) is 1. The van der Waals surface area contributed by atoms with Crippen LogP contribution in [0, 0.1) is 0 Å². The molecule has 0 bridgehead atoms. The summed E-state index contributed by atoms with van der Waals surface area (Å²) in [6.07, 6.45) is 2.20. The molecule has 172 valence electrons. The zero-order chi connectivity index (χ0) is 24.5. The molecule has 1 saturated heterocycles. The van der Waals surface area contributed by atoms with Gasteiger partial charge in [0.1, 0.15) is 19.4 Å². The van der Waals surface area contributed by atoms with Gasteiger partial charge in [0.15, 0.2) is 0 Å². The minimum absolute atomic E-state index is 0.0181. The highest BCUT2D eigenvalue weighted by atomic mass is 16.5. The van der Waals surface area contributed by atoms with Crippen LogP contribution >= 0.6 is 0 Å². The molecule has 3 heterocycles. The molecule has 1 fully saturated rings. The van der Waals surface area contributed by atoms with Crippen molar-refractivity contribution in [2.75, 3.05) is 14.1 Å². The van der Waals surface area contributed by atoms with E-state index in [-0.39, 0.29) is 30.7 Å². The Hall–Kier alpha value is -4.41. The molecule has 2 aliphatic heterocycles. The van der Waals surface area contributed by atoms with Crippen LogP contribution in [0.4, 0.5) is 4.79 Å². The molecule has 2 aromatic rings. The number of nitrogens with zero attached hydrogens (tertiary/aromatic N) is 3. The number of hydrogen-bond donors (Lipinski definition) is 1. The molecule has 0 saturated carbocycles. The highest BCUT2D eigenvalue weighted by Gasteiger charge is 2.37. The molecule has 1 atom stereocenters. The summed E-state index contributed by atoms with van der Waals surface area (Å²) >= 11 is 0. The molecular weight excluding hydrogens is 432 g/mol. The molecule has 0 aliphatic carbocycles. The van der Waals surface area contributed by atoms with Crippen LogP contribution < -0.4 is 5.32 Å². The van der Waals surface area contributed by atoms with Crippen LogP contribution in [0.2, 0.25) is 0 Å². The summed E-state index contributed by atoms with van der Waals surface area (Å²) in [5, 5.41) is 2.39. The fourth-order valence-corrected chi connectivity index (χ4v) is 2.98. The Balaban J connectivity index is 0.000000236. The van der Waals surface area contributed by atoms with Gasteiger partial charge in [-0.1, -0.05) is 30.3 Å². The van der Waals surface area contributed by atoms with E-state index >= 15 is 0 Å². The molecule has 1 aromatic heterocycles. The second-order valence-corrected chi connectivity index (χ2v) is 6.84. The summed E-state index contributed by atoms with van der Waals surface area (Å²) in [5.41, 5.74) is 1.69. The van der Waals surface area contributed by atoms with Gasteiger partial charge in [0.2, 0.25) is 5.91 Å². The third-order valence-corrected chi connectivity index (χ3v) is 4.78. The number of nitrogens with one attached hydrogen (secondary N) is 1. The summed E-state index contributed by atoms with van der Waals surface area (Å²) in [6, 6.07) is 9.92. The van der Waals surface area contributed by atoms with Gasteiger partial charge < -0.3 is 14.8 Å². The zero-order valence-corrected chi connectivity index (χ0v) is 18.0. The van der Waals surface area contributed by atoms with Crippen molar-refractivity contribution in [2.24, 2.45) is 0 Å². The molecule has 0 spiro atoms. The Morgan fingerprint density at radius 1 is 1.03 bits per heavy atom. The summed E-state index contributed by atoms with van der Waals surface area (Å²) in [4.78, 5) is 70.8. The van der Waals surface area contributed by atoms with Gasteiger partial charge in [-0.05, 0) is 11.6 Å². The van der Waals surface area contributed by atoms with Crippen LogP contribution in [-0.2, 0) is 25.7 Å². The number of carbonyl (C=O) groups excluding carboxylic acids is 6. The standard InChI is InChI=1S/C13H14N2O4.C8H6N2O2.CH2O/c1-15-11(16)7-10(12(15)17)14-13(18)19-8-9-5-3-2-4-6-9;1-10-7(11)5-2-3-9-4-6(5)8(10)12;1-2/h2-6,10H,7-8H2,1H3,(H,14,18);2-4H,1H3;1H2. The van der Waals surface area contributed by atoms with E-state index in [2.05, 4.69) is 10.3 Å². The Morgan fingerprint density at radius 3 is 2.24 bits per heavy atom. The van der Waals surface area contributed by atoms with Gasteiger partial charge in [-0.25, -0.2) is 4.79 Å². The number of rotatable bonds is 3. The van der Waals surface area contributed by atoms with Gasteiger partial charge in [0, 0.05) is 26.5 Å². The van der Waals surface area contributed by atoms with E-state index in [0.29, 0.717) is 11.1 Å². The van der Waals surface area contributed by atoms with E-state index in [1.165, 1.54) is 26.5 Å². The summed E-state index contributed by atoms with van der Waals surface area (Å²) < 4.78 is 4.98. The number of aromatic nitrogens is 1. The highest BCUT2D eigenvalue weighted by molar-refractivity contribution is 6.20. The van der Waals surface area contributed by atoms with Crippen molar-refractivity contribution in [3.05, 3.63) is 65.5 Å². The Bertz CT molecular complexity index is 1020. The summed E-state index contributed by atoms with van der Waals surface area (Å²) in [6.45, 7) is 2.12. The van der Waals surface area contributed by atoms with Crippen molar-refractivity contribution in [3.8, 4) is 0 Å². The molecule has 2 aliphatic rings. The number of imide groups is 2. The predicted molar refractivity (Wildman–Crippen MR) is 114 cm³/mol. The monoisotopic (exact) mass is 454 g/mol. The molecule has 1 N–H and O–H groups in total. The van der Waals surface area contributed by atoms with Gasteiger partial charge in [0.05, 0.1) is 17.5 Å². The third kappa shape index (κ3) is 5.85. The Morgan fingerprint density at radius 2 is 1.67 bits per heavy atom. The molecule has 1 unspecified atom stereocenters. The molecule has 5 amide bonds. The van der Waals surface area contributed by atoms with E-state index in [1.54, 1.807) is 6.07 Å². The van der Waals surface area contributed by atoms with E-state index in [0.717, 1.165) is 15.4 Å². The number of amides is 5. The number of alkyl carbamates (subject to hydrolysis) is 1. The first kappa shape index (κ1) is 24.9. The maximum Gasteiger partial charge on any atom is 0.408 e. The average molecular weight is 454 g/mol. The lowest BCUT2D eigenvalue weighted by molar-refractivity contribution is -0.137. The van der Waals surface area contributed by atoms with Crippen LogP contribution in [0.1, 0.15) is 32.7 Å². The van der Waals surface area contributed by atoms with Gasteiger partial charge >= 0.3 is 6.09 Å². The minimum atomic E-state index is -0.819. The maximum absolute atomic E-state index is 11.6. The van der Waals surface area contributed by atoms with Crippen LogP contribution in [0.15, 0.2) is 48.8 Å². The second-order valence-electron chi connectivity index (χ2n) is 6.84. The number of ether oxygens (including phenoxy) is 1. The van der Waals surface area contributed by atoms with Crippen molar-refractivity contribution in [3.63, 3.8) is 0 Å². The van der Waals surface area contributed by atoms with Crippen molar-refractivity contribution in [2.45, 2.75) is 19.1 Å². The van der Waals surface area contributed by atoms with E-state index < -0.39 is 18.0 Å². The first-order chi connectivity index (χ1) is 15.8. The van der Waals surface area contributed by atoms with E-state index in [9.17, 15) is 24.0 Å². The normalized spacial score (nSPS) is 16.4. The summed E-state index contributed by atoms with van der Waals surface area (Å²) in [7, 11) is 2.85. The van der Waals surface area contributed by atoms with Gasteiger partial charge in [0.25, 0.3) is 17.7 Å². The van der Waals surface area contributed by atoms with Gasteiger partial charge in [-0.15, -0.1) is 0 Å². The van der Waals surface area contributed by atoms with Gasteiger partial charge in [-0.3, -0.25) is 34.0 Å². The van der Waals surface area contributed by atoms with Gasteiger partial charge in [-0.2, -0.15) is 0 Å². The van der Waals surface area contributed by atoms with Crippen molar-refractivity contribution < 1.29 is 33.5 Å². The van der Waals surface area contributed by atoms with Crippen LogP contribution in [0.3, 0.4) is 0 Å². The largest absolute Gasteiger partial charge is 0.445 e. The lowest BCUT2D eigenvalue weighted by atomic mass is 10.2. The van der Waals surface area contributed by atoms with E-state index in [1.807, 2.05) is 37.1 Å². The number of likely N-dealkylation sites (N-methyl/N-ethyl adjacent to an activating group) is 1. The maximum atomic E-state index is 11.6. The third-order valence-electron chi connectivity index (χ3n) is 4.78. The Kier molecular flexibility index (Phi) is 8.49. The van der Waals surface area contributed by atoms with Crippen LogP contribution in [-0.4, -0.2) is 71.4 Å². The zero-order valence-electron chi connectivity index (χ0n) is 18.0. The van der Waals surface area contributed by atoms with Crippen molar-refractivity contribution in [1.29, 1.82) is 0 Å². The molecule has 11 heteroatoms. The molecular formula is C22H22N4O7. The van der Waals surface area contributed by atoms with Crippen LogP contribution in [0.5, 0.6) is 0 Å². The summed E-state index contributed by atoms with van der Waals surface area (Å²) in [5.74, 6) is -1.25. The smallest absolute Gasteiger partial charge is 0.408 e. The molecule has 1 aromatic carbocycles. The average Bonchev–Trinajstić information content (AvgIpc) is 3.22. The molecule has 0 radical (unpaired) electrons. The first-order valence-electron chi connectivity index (χ1n) is 9.62.